The van der Waals surface area contributed by atoms with Gasteiger partial charge < -0.3 is 0 Å². The van der Waals surface area contributed by atoms with Crippen molar-refractivity contribution in [3.05, 3.63) is 65.2 Å². The standard InChI is InChI=1S/C10H11N.C7H8.3C2H6/c1-7-3-4-10-9(5-7)6-8(2)11-10;1-7-5-3-2-4-6-7;3*1-2/h3-5H,6H2,1-2H3;2-6H,1H3;3*1-2H3. The Balaban J connectivity index is 0. The van der Waals surface area contributed by atoms with E-state index in [0.29, 0.717) is 0 Å². The molecule has 2 aromatic carbocycles. The quantitative estimate of drug-likeness (QED) is 0.469. The third-order valence-corrected chi connectivity index (χ3v) is 2.93. The Labute approximate surface area is 150 Å². The van der Waals surface area contributed by atoms with Crippen LogP contribution in [0.3, 0.4) is 0 Å². The lowest BCUT2D eigenvalue weighted by Gasteiger charge is -1.96. The second-order valence-electron chi connectivity index (χ2n) is 4.81. The maximum absolute atomic E-state index is 4.41. The summed E-state index contributed by atoms with van der Waals surface area (Å²) in [6.07, 6.45) is 1.04. The van der Waals surface area contributed by atoms with E-state index in [9.17, 15) is 0 Å². The number of rotatable bonds is 0. The first-order valence-electron chi connectivity index (χ1n) is 9.30. The smallest absolute Gasteiger partial charge is 0.0665 e. The molecule has 134 valence electrons. The summed E-state index contributed by atoms with van der Waals surface area (Å²) in [4.78, 5) is 4.41. The first kappa shape index (κ1) is 24.4. The predicted octanol–water partition coefficient (Wildman–Crippen LogP) is 7.72. The molecule has 1 aliphatic heterocycles. The van der Waals surface area contributed by atoms with Crippen LogP contribution in [0.1, 0.15) is 65.2 Å². The molecule has 1 aliphatic rings. The molecule has 1 heteroatoms. The number of fused-ring (bicyclic) bond motifs is 1. The van der Waals surface area contributed by atoms with Crippen LogP contribution in [0.4, 0.5) is 5.69 Å². The van der Waals surface area contributed by atoms with Crippen LogP contribution in [0.2, 0.25) is 0 Å². The van der Waals surface area contributed by atoms with Gasteiger partial charge in [-0.25, -0.2) is 0 Å². The van der Waals surface area contributed by atoms with Crippen molar-refractivity contribution >= 4 is 11.4 Å². The summed E-state index contributed by atoms with van der Waals surface area (Å²) in [6.45, 7) is 18.3. The molecule has 24 heavy (non-hydrogen) atoms. The molecule has 0 aliphatic carbocycles. The molecule has 0 amide bonds. The highest BCUT2D eigenvalue weighted by Crippen LogP contribution is 2.26. The van der Waals surface area contributed by atoms with Crippen molar-refractivity contribution in [2.75, 3.05) is 0 Å². The highest BCUT2D eigenvalue weighted by atomic mass is 14.8. The lowest BCUT2D eigenvalue weighted by Crippen LogP contribution is -1.88. The maximum Gasteiger partial charge on any atom is 0.0665 e. The average molecular weight is 328 g/mol. The molecule has 0 radical (unpaired) electrons. The van der Waals surface area contributed by atoms with Crippen LogP contribution in [-0.2, 0) is 6.42 Å². The van der Waals surface area contributed by atoms with E-state index < -0.39 is 0 Å². The first-order chi connectivity index (χ1) is 11.6. The normalized spacial score (nSPS) is 9.96. The van der Waals surface area contributed by atoms with Gasteiger partial charge in [0.05, 0.1) is 5.69 Å². The van der Waals surface area contributed by atoms with E-state index in [4.69, 9.17) is 0 Å². The van der Waals surface area contributed by atoms with Gasteiger partial charge in [0.2, 0.25) is 0 Å². The first-order valence-corrected chi connectivity index (χ1v) is 9.30. The van der Waals surface area contributed by atoms with Crippen molar-refractivity contribution in [3.8, 4) is 0 Å². The maximum atomic E-state index is 4.41. The summed E-state index contributed by atoms with van der Waals surface area (Å²) in [5.41, 5.74) is 6.41. The van der Waals surface area contributed by atoms with E-state index >= 15 is 0 Å². The Morgan fingerprint density at radius 1 is 0.667 bits per heavy atom. The molecule has 0 saturated carbocycles. The van der Waals surface area contributed by atoms with Crippen LogP contribution < -0.4 is 0 Å². The largest absolute Gasteiger partial charge is 0.257 e. The van der Waals surface area contributed by atoms with E-state index in [-0.39, 0.29) is 0 Å². The molecular formula is C23H37N. The van der Waals surface area contributed by atoms with E-state index in [2.05, 4.69) is 56.1 Å². The number of hydrogen-bond acceptors (Lipinski definition) is 1. The lowest BCUT2D eigenvalue weighted by molar-refractivity contribution is 1.34. The zero-order valence-corrected chi connectivity index (χ0v) is 17.3. The summed E-state index contributed by atoms with van der Waals surface area (Å²) in [5, 5.41) is 0. The van der Waals surface area contributed by atoms with Gasteiger partial charge in [-0.05, 0) is 32.4 Å². The van der Waals surface area contributed by atoms with E-state index in [0.717, 1.165) is 12.1 Å². The zero-order chi connectivity index (χ0) is 19.0. The molecule has 1 heterocycles. The Bertz CT molecular complexity index is 554. The zero-order valence-electron chi connectivity index (χ0n) is 17.3. The monoisotopic (exact) mass is 327 g/mol. The molecule has 2 aromatic rings. The highest BCUT2D eigenvalue weighted by molar-refractivity contribution is 5.92. The number of hydrogen-bond donors (Lipinski definition) is 0. The Morgan fingerprint density at radius 2 is 1.21 bits per heavy atom. The fraction of sp³-hybridized carbons (Fsp3) is 0.435. The lowest BCUT2D eigenvalue weighted by atomic mass is 10.1. The van der Waals surface area contributed by atoms with E-state index in [1.165, 1.54) is 22.4 Å². The predicted molar refractivity (Wildman–Crippen MR) is 113 cm³/mol. The van der Waals surface area contributed by atoms with Gasteiger partial charge >= 0.3 is 0 Å². The van der Waals surface area contributed by atoms with Gasteiger partial charge in [0, 0.05) is 12.1 Å². The molecule has 0 unspecified atom stereocenters. The molecule has 0 bridgehead atoms. The minimum absolute atomic E-state index is 1.04. The van der Waals surface area contributed by atoms with Crippen molar-refractivity contribution in [1.29, 1.82) is 0 Å². The van der Waals surface area contributed by atoms with Gasteiger partial charge in [0.1, 0.15) is 0 Å². The molecule has 0 saturated heterocycles. The minimum Gasteiger partial charge on any atom is -0.257 e. The number of aryl methyl sites for hydroxylation is 2. The Hall–Kier alpha value is -1.89. The fourth-order valence-electron chi connectivity index (χ4n) is 2.02. The number of benzene rings is 2. The van der Waals surface area contributed by atoms with Gasteiger partial charge in [-0.15, -0.1) is 0 Å². The summed E-state index contributed by atoms with van der Waals surface area (Å²) < 4.78 is 0. The summed E-state index contributed by atoms with van der Waals surface area (Å²) >= 11 is 0. The molecule has 3 rings (SSSR count). The van der Waals surface area contributed by atoms with Gasteiger partial charge in [0.15, 0.2) is 0 Å². The van der Waals surface area contributed by atoms with Crippen molar-refractivity contribution in [3.63, 3.8) is 0 Å². The SMILES string of the molecule is CC.CC.CC.CC1=Nc2ccc(C)cc2C1.Cc1ccccc1. The average Bonchev–Trinajstić information content (AvgIpc) is 3.01. The third-order valence-electron chi connectivity index (χ3n) is 2.93. The summed E-state index contributed by atoms with van der Waals surface area (Å²) in [7, 11) is 0. The molecule has 0 aromatic heterocycles. The number of aliphatic imine (C=N–C) groups is 1. The number of nitrogens with zero attached hydrogens (tertiary/aromatic N) is 1. The van der Waals surface area contributed by atoms with Crippen LogP contribution in [0.25, 0.3) is 0 Å². The second kappa shape index (κ2) is 16.0. The van der Waals surface area contributed by atoms with Crippen LogP contribution in [-0.4, -0.2) is 5.71 Å². The van der Waals surface area contributed by atoms with Crippen LogP contribution in [0.5, 0.6) is 0 Å². The molecule has 0 atom stereocenters. The van der Waals surface area contributed by atoms with Crippen molar-refractivity contribution in [1.82, 2.24) is 0 Å². The van der Waals surface area contributed by atoms with Crippen molar-refractivity contribution in [2.45, 2.75) is 68.7 Å². The second-order valence-corrected chi connectivity index (χ2v) is 4.81. The molecule has 0 N–H and O–H groups in total. The Kier molecular flexibility index (Phi) is 16.2. The molecule has 0 fully saturated rings. The third kappa shape index (κ3) is 9.99. The van der Waals surface area contributed by atoms with Gasteiger partial charge in [-0.1, -0.05) is 95.1 Å². The van der Waals surface area contributed by atoms with Gasteiger partial charge in [-0.2, -0.15) is 0 Å². The van der Waals surface area contributed by atoms with Crippen LogP contribution in [0, 0.1) is 13.8 Å². The molecule has 1 nitrogen and oxygen atoms in total. The van der Waals surface area contributed by atoms with Crippen molar-refractivity contribution < 1.29 is 0 Å². The van der Waals surface area contributed by atoms with E-state index in [1.54, 1.807) is 0 Å². The topological polar surface area (TPSA) is 12.4 Å². The molecular weight excluding hydrogens is 290 g/mol. The van der Waals surface area contributed by atoms with Crippen molar-refractivity contribution in [2.24, 2.45) is 4.99 Å². The van der Waals surface area contributed by atoms with Crippen LogP contribution in [0.15, 0.2) is 53.5 Å². The highest BCUT2D eigenvalue weighted by Gasteiger charge is 2.09. The Morgan fingerprint density at radius 3 is 1.67 bits per heavy atom. The summed E-state index contributed by atoms with van der Waals surface area (Å²) in [6, 6.07) is 16.7. The molecule has 0 spiro atoms. The fourth-order valence-corrected chi connectivity index (χ4v) is 2.02. The summed E-state index contributed by atoms with van der Waals surface area (Å²) in [5.74, 6) is 0. The van der Waals surface area contributed by atoms with Crippen LogP contribution >= 0.6 is 0 Å². The minimum atomic E-state index is 1.04. The van der Waals surface area contributed by atoms with E-state index in [1.807, 2.05) is 59.7 Å². The van der Waals surface area contributed by atoms with Gasteiger partial charge in [0.25, 0.3) is 0 Å². The van der Waals surface area contributed by atoms with Gasteiger partial charge in [-0.3, -0.25) is 4.99 Å².